The Morgan fingerprint density at radius 1 is 1.38 bits per heavy atom. The van der Waals surface area contributed by atoms with Crippen LogP contribution in [-0.2, 0) is 16.1 Å². The maximum absolute atomic E-state index is 13.1. The number of nitrogens with one attached hydrogen (secondary N) is 1. The molecule has 6 heteroatoms. The zero-order valence-corrected chi connectivity index (χ0v) is 15.8. The number of rotatable bonds is 8. The molecule has 3 rings (SSSR count). The van der Waals surface area contributed by atoms with Crippen molar-refractivity contribution in [3.05, 3.63) is 58.0 Å². The number of amides is 1. The fraction of sp³-hybridized carbons (Fsp3) is 0.450. The highest BCUT2D eigenvalue weighted by Gasteiger charge is 2.22. The maximum Gasteiger partial charge on any atom is 0.234 e. The lowest BCUT2D eigenvalue weighted by Crippen LogP contribution is -2.41. The number of hydrogen-bond donors (Lipinski definition) is 1. The minimum Gasteiger partial charge on any atom is -0.377 e. The van der Waals surface area contributed by atoms with Crippen molar-refractivity contribution in [2.45, 2.75) is 38.5 Å². The molecular weight excluding hydrogens is 351 g/mol. The Labute approximate surface area is 158 Å². The van der Waals surface area contributed by atoms with Gasteiger partial charge in [-0.05, 0) is 48.9 Å². The number of carbonyl (C=O) groups is 1. The first kappa shape index (κ1) is 19.0. The minimum absolute atomic E-state index is 0.0311. The zero-order chi connectivity index (χ0) is 18.4. The molecule has 0 radical (unpaired) electrons. The molecule has 0 unspecified atom stereocenters. The van der Waals surface area contributed by atoms with Crippen LogP contribution in [0.5, 0.6) is 0 Å². The van der Waals surface area contributed by atoms with Crippen LogP contribution >= 0.6 is 11.3 Å². The lowest BCUT2D eigenvalue weighted by atomic mass is 10.1. The number of benzene rings is 1. The van der Waals surface area contributed by atoms with E-state index in [0.717, 1.165) is 38.1 Å². The average molecular weight is 376 g/mol. The number of ether oxygens (including phenoxy) is 1. The predicted molar refractivity (Wildman–Crippen MR) is 102 cm³/mol. The molecule has 1 amide bonds. The predicted octanol–water partition coefficient (Wildman–Crippen LogP) is 3.75. The Bertz CT molecular complexity index is 684. The van der Waals surface area contributed by atoms with E-state index in [1.165, 1.54) is 17.0 Å². The molecule has 0 aliphatic carbocycles. The van der Waals surface area contributed by atoms with E-state index in [1.54, 1.807) is 23.5 Å². The summed E-state index contributed by atoms with van der Waals surface area (Å²) in [6.45, 7) is 4.55. The van der Waals surface area contributed by atoms with Crippen LogP contribution in [0.1, 0.15) is 36.2 Å². The van der Waals surface area contributed by atoms with Gasteiger partial charge >= 0.3 is 0 Å². The van der Waals surface area contributed by atoms with E-state index in [4.69, 9.17) is 4.74 Å². The van der Waals surface area contributed by atoms with Crippen LogP contribution < -0.4 is 5.32 Å². The summed E-state index contributed by atoms with van der Waals surface area (Å²) in [5.41, 5.74) is 0.892. The number of nitrogens with zero attached hydrogens (tertiary/aromatic N) is 1. The van der Waals surface area contributed by atoms with Crippen molar-refractivity contribution < 1.29 is 13.9 Å². The van der Waals surface area contributed by atoms with Crippen molar-refractivity contribution in [1.29, 1.82) is 0 Å². The van der Waals surface area contributed by atoms with Gasteiger partial charge in [0.05, 0.1) is 18.7 Å². The van der Waals surface area contributed by atoms with Crippen molar-refractivity contribution in [1.82, 2.24) is 10.2 Å². The van der Waals surface area contributed by atoms with E-state index in [1.807, 2.05) is 13.0 Å². The molecule has 0 bridgehead atoms. The first-order valence-corrected chi connectivity index (χ1v) is 9.89. The number of thiophene rings is 1. The normalized spacial score (nSPS) is 18.2. The molecular formula is C20H25FN2O2S. The second-order valence-electron chi connectivity index (χ2n) is 6.72. The number of hydrogen-bond acceptors (Lipinski definition) is 4. The van der Waals surface area contributed by atoms with Crippen molar-refractivity contribution in [3.63, 3.8) is 0 Å². The largest absolute Gasteiger partial charge is 0.377 e. The van der Waals surface area contributed by atoms with E-state index in [9.17, 15) is 9.18 Å². The smallest absolute Gasteiger partial charge is 0.234 e. The summed E-state index contributed by atoms with van der Waals surface area (Å²) in [5.74, 6) is -0.303. The van der Waals surface area contributed by atoms with Crippen LogP contribution in [0.3, 0.4) is 0 Å². The molecule has 1 N–H and O–H groups in total. The van der Waals surface area contributed by atoms with Gasteiger partial charge in [0.25, 0.3) is 0 Å². The second kappa shape index (κ2) is 9.26. The van der Waals surface area contributed by atoms with Crippen molar-refractivity contribution in [2.75, 3.05) is 19.7 Å². The van der Waals surface area contributed by atoms with Crippen LogP contribution in [-0.4, -0.2) is 36.6 Å². The number of halogens is 1. The molecule has 1 saturated heterocycles. The molecule has 2 aromatic rings. The van der Waals surface area contributed by atoms with Crippen molar-refractivity contribution in [2.24, 2.45) is 0 Å². The third-order valence-corrected chi connectivity index (χ3v) is 5.42. The highest BCUT2D eigenvalue weighted by molar-refractivity contribution is 7.09. The Balaban J connectivity index is 1.57. The van der Waals surface area contributed by atoms with Gasteiger partial charge in [-0.15, -0.1) is 11.3 Å². The van der Waals surface area contributed by atoms with Crippen molar-refractivity contribution >= 4 is 17.2 Å². The van der Waals surface area contributed by atoms with Crippen LogP contribution in [0.25, 0.3) is 0 Å². The molecule has 1 aliphatic heterocycles. The molecule has 4 nitrogen and oxygen atoms in total. The second-order valence-corrected chi connectivity index (χ2v) is 7.76. The fourth-order valence-corrected chi connectivity index (χ4v) is 3.96. The summed E-state index contributed by atoms with van der Waals surface area (Å²) in [6, 6.07) is 10.2. The van der Waals surface area contributed by atoms with Crippen molar-refractivity contribution in [3.8, 4) is 0 Å². The van der Waals surface area contributed by atoms with Crippen LogP contribution in [0.15, 0.2) is 41.8 Å². The van der Waals surface area contributed by atoms with E-state index >= 15 is 0 Å². The summed E-state index contributed by atoms with van der Waals surface area (Å²) in [5, 5.41) is 5.06. The highest BCUT2D eigenvalue weighted by Crippen LogP contribution is 2.18. The SMILES string of the molecule is C[C@@H](NC(=O)CN(Cc1cccs1)C[C@H]1CCCO1)c1ccc(F)cc1. The lowest BCUT2D eigenvalue weighted by molar-refractivity contribution is -0.123. The third kappa shape index (κ3) is 5.62. The molecule has 1 aromatic carbocycles. The molecule has 0 saturated carbocycles. The average Bonchev–Trinajstić information content (AvgIpc) is 3.29. The Morgan fingerprint density at radius 2 is 2.19 bits per heavy atom. The van der Waals surface area contributed by atoms with E-state index in [2.05, 4.69) is 21.7 Å². The zero-order valence-electron chi connectivity index (χ0n) is 15.0. The maximum atomic E-state index is 13.1. The summed E-state index contributed by atoms with van der Waals surface area (Å²) in [4.78, 5) is 15.9. The van der Waals surface area contributed by atoms with E-state index in [0.29, 0.717) is 6.54 Å². The van der Waals surface area contributed by atoms with Gasteiger partial charge in [-0.25, -0.2) is 4.39 Å². The summed E-state index contributed by atoms with van der Waals surface area (Å²) < 4.78 is 18.8. The Morgan fingerprint density at radius 3 is 2.85 bits per heavy atom. The topological polar surface area (TPSA) is 41.6 Å². The molecule has 2 heterocycles. The first-order valence-electron chi connectivity index (χ1n) is 9.01. The monoisotopic (exact) mass is 376 g/mol. The first-order chi connectivity index (χ1) is 12.6. The quantitative estimate of drug-likeness (QED) is 0.763. The molecule has 1 aromatic heterocycles. The molecule has 1 aliphatic rings. The minimum atomic E-state index is -0.272. The summed E-state index contributed by atoms with van der Waals surface area (Å²) >= 11 is 1.70. The molecule has 140 valence electrons. The van der Waals surface area contributed by atoms with Gasteiger partial charge in [0.15, 0.2) is 0 Å². The van der Waals surface area contributed by atoms with E-state index < -0.39 is 0 Å². The van der Waals surface area contributed by atoms with Gasteiger partial charge in [0, 0.05) is 24.6 Å². The van der Waals surface area contributed by atoms with Crippen LogP contribution in [0.4, 0.5) is 4.39 Å². The third-order valence-electron chi connectivity index (χ3n) is 4.56. The van der Waals surface area contributed by atoms with Gasteiger partial charge in [-0.1, -0.05) is 18.2 Å². The summed E-state index contributed by atoms with van der Waals surface area (Å²) in [7, 11) is 0. The standard InChI is InChI=1S/C20H25FN2O2S/c1-15(16-6-8-17(21)9-7-16)22-20(24)14-23(12-18-4-2-10-25-18)13-19-5-3-11-26-19/h3,5-9,11,15,18H,2,4,10,12-14H2,1H3,(H,22,24)/t15-,18-/m1/s1. The summed E-state index contributed by atoms with van der Waals surface area (Å²) in [6.07, 6.45) is 2.34. The van der Waals surface area contributed by atoms with Gasteiger partial charge in [-0.2, -0.15) is 0 Å². The highest BCUT2D eigenvalue weighted by atomic mass is 32.1. The molecule has 0 spiro atoms. The van der Waals surface area contributed by atoms with E-state index in [-0.39, 0.29) is 23.9 Å². The van der Waals surface area contributed by atoms with Gasteiger partial charge in [-0.3, -0.25) is 9.69 Å². The lowest BCUT2D eigenvalue weighted by Gasteiger charge is -2.25. The number of carbonyl (C=O) groups excluding carboxylic acids is 1. The molecule has 26 heavy (non-hydrogen) atoms. The van der Waals surface area contributed by atoms with Gasteiger partial charge in [0.2, 0.25) is 5.91 Å². The molecule has 1 fully saturated rings. The Hall–Kier alpha value is -1.76. The Kier molecular flexibility index (Phi) is 6.77. The molecule has 2 atom stereocenters. The van der Waals surface area contributed by atoms with Gasteiger partial charge < -0.3 is 10.1 Å². The fourth-order valence-electron chi connectivity index (χ4n) is 3.21. The van der Waals surface area contributed by atoms with Gasteiger partial charge in [0.1, 0.15) is 5.82 Å². The van der Waals surface area contributed by atoms with Crippen LogP contribution in [0, 0.1) is 5.82 Å². The van der Waals surface area contributed by atoms with Crippen LogP contribution in [0.2, 0.25) is 0 Å².